The van der Waals surface area contributed by atoms with E-state index in [-0.39, 0.29) is 12.0 Å². The van der Waals surface area contributed by atoms with E-state index >= 15 is 0 Å². The summed E-state index contributed by atoms with van der Waals surface area (Å²) in [5.74, 6) is -0.673. The number of para-hydroxylation sites is 1. The van der Waals surface area contributed by atoms with Crippen LogP contribution in [0.25, 0.3) is 5.69 Å². The van der Waals surface area contributed by atoms with Crippen LogP contribution in [0.5, 0.6) is 0 Å². The molecule has 162 valence electrons. The van der Waals surface area contributed by atoms with E-state index in [0.717, 1.165) is 16.9 Å². The molecule has 3 rings (SSSR count). The van der Waals surface area contributed by atoms with Gasteiger partial charge >= 0.3 is 5.97 Å². The molecular weight excluding hydrogens is 390 g/mol. The van der Waals surface area contributed by atoms with Gasteiger partial charge in [0, 0.05) is 11.5 Å². The Morgan fingerprint density at radius 1 is 1.03 bits per heavy atom. The van der Waals surface area contributed by atoms with Crippen molar-refractivity contribution in [3.8, 4) is 5.69 Å². The fraction of sp³-hybridized carbons (Fsp3) is 0.320. The van der Waals surface area contributed by atoms with Gasteiger partial charge in [-0.1, -0.05) is 76.2 Å². The second kappa shape index (κ2) is 9.60. The molecule has 1 heterocycles. The Kier molecular flexibility index (Phi) is 6.90. The number of rotatable bonds is 7. The molecule has 0 unspecified atom stereocenters. The van der Waals surface area contributed by atoms with Gasteiger partial charge in [-0.3, -0.25) is 9.59 Å². The van der Waals surface area contributed by atoms with Crippen molar-refractivity contribution in [2.45, 2.75) is 45.4 Å². The third kappa shape index (κ3) is 5.60. The molecule has 1 N–H and O–H groups in total. The van der Waals surface area contributed by atoms with Crippen LogP contribution in [0.1, 0.15) is 51.3 Å². The molecule has 1 aromatic heterocycles. The molecule has 6 nitrogen and oxygen atoms in total. The number of esters is 1. The Morgan fingerprint density at radius 2 is 1.65 bits per heavy atom. The Hall–Kier alpha value is -3.41. The van der Waals surface area contributed by atoms with Crippen LogP contribution in [-0.4, -0.2) is 28.3 Å². The monoisotopic (exact) mass is 419 g/mol. The highest BCUT2D eigenvalue weighted by atomic mass is 16.5. The molecule has 31 heavy (non-hydrogen) atoms. The summed E-state index contributed by atoms with van der Waals surface area (Å²) in [5, 5.41) is 7.51. The van der Waals surface area contributed by atoms with E-state index in [1.807, 2.05) is 73.7 Å². The number of hydrogen-bond donors (Lipinski definition) is 1. The Labute approximate surface area is 183 Å². The van der Waals surface area contributed by atoms with Gasteiger partial charge in [0.2, 0.25) is 0 Å². The number of hydrogen-bond acceptors (Lipinski definition) is 4. The van der Waals surface area contributed by atoms with Crippen molar-refractivity contribution in [1.29, 1.82) is 0 Å². The second-order valence-corrected chi connectivity index (χ2v) is 8.44. The van der Waals surface area contributed by atoms with Crippen molar-refractivity contribution in [3.63, 3.8) is 0 Å². The number of nitrogens with zero attached hydrogens (tertiary/aromatic N) is 2. The number of carbonyl (C=O) groups excluding carboxylic acids is 2. The number of carbonyl (C=O) groups is 2. The summed E-state index contributed by atoms with van der Waals surface area (Å²) in [7, 11) is 0. The molecule has 0 saturated carbocycles. The minimum absolute atomic E-state index is 0.185. The first-order valence-electron chi connectivity index (χ1n) is 10.5. The van der Waals surface area contributed by atoms with Gasteiger partial charge in [-0.15, -0.1) is 0 Å². The zero-order valence-electron chi connectivity index (χ0n) is 18.5. The Balaban J connectivity index is 1.71. The molecule has 0 radical (unpaired) electrons. The lowest BCUT2D eigenvalue weighted by Crippen LogP contribution is -2.24. The van der Waals surface area contributed by atoms with Gasteiger partial charge < -0.3 is 10.1 Å². The normalized spacial score (nSPS) is 12.3. The predicted octanol–water partition coefficient (Wildman–Crippen LogP) is 4.85. The number of amides is 1. The third-order valence-electron chi connectivity index (χ3n) is 4.99. The quantitative estimate of drug-likeness (QED) is 0.556. The molecule has 0 aliphatic rings. The van der Waals surface area contributed by atoms with Gasteiger partial charge in [0.15, 0.2) is 6.61 Å². The molecule has 1 atom stereocenters. The largest absolute Gasteiger partial charge is 0.455 e. The number of anilines is 1. The SMILES string of the molecule is CC[C@@H](C(=O)OCC(=O)Nc1cc(C(C)(C)C)nn1-c1ccccc1)c1ccccc1. The highest BCUT2D eigenvalue weighted by molar-refractivity contribution is 5.93. The fourth-order valence-electron chi connectivity index (χ4n) is 3.24. The lowest BCUT2D eigenvalue weighted by molar-refractivity contribution is -0.149. The first-order chi connectivity index (χ1) is 14.8. The molecule has 6 heteroatoms. The molecule has 2 aromatic carbocycles. The van der Waals surface area contributed by atoms with Crippen LogP contribution in [0, 0.1) is 0 Å². The van der Waals surface area contributed by atoms with E-state index in [9.17, 15) is 9.59 Å². The first-order valence-corrected chi connectivity index (χ1v) is 10.5. The minimum Gasteiger partial charge on any atom is -0.455 e. The van der Waals surface area contributed by atoms with E-state index in [0.29, 0.717) is 12.2 Å². The van der Waals surface area contributed by atoms with Crippen LogP contribution in [0.15, 0.2) is 66.7 Å². The van der Waals surface area contributed by atoms with Gasteiger partial charge in [0.05, 0.1) is 17.3 Å². The molecule has 0 aliphatic heterocycles. The van der Waals surface area contributed by atoms with Gasteiger partial charge in [-0.05, 0) is 24.1 Å². The van der Waals surface area contributed by atoms with Crippen LogP contribution in [-0.2, 0) is 19.7 Å². The maximum Gasteiger partial charge on any atom is 0.313 e. The predicted molar refractivity (Wildman–Crippen MR) is 121 cm³/mol. The molecule has 0 aliphatic carbocycles. The Bertz CT molecular complexity index is 1020. The fourth-order valence-corrected chi connectivity index (χ4v) is 3.24. The molecule has 0 bridgehead atoms. The second-order valence-electron chi connectivity index (χ2n) is 8.44. The third-order valence-corrected chi connectivity index (χ3v) is 4.99. The Morgan fingerprint density at radius 3 is 2.23 bits per heavy atom. The van der Waals surface area contributed by atoms with Crippen molar-refractivity contribution in [3.05, 3.63) is 78.0 Å². The van der Waals surface area contributed by atoms with Crippen molar-refractivity contribution in [2.75, 3.05) is 11.9 Å². The number of ether oxygens (including phenoxy) is 1. The minimum atomic E-state index is -0.409. The topological polar surface area (TPSA) is 73.2 Å². The summed E-state index contributed by atoms with van der Waals surface area (Å²) in [6.45, 7) is 7.75. The zero-order chi connectivity index (χ0) is 22.4. The van der Waals surface area contributed by atoms with Gasteiger partial charge in [-0.25, -0.2) is 4.68 Å². The lowest BCUT2D eigenvalue weighted by atomic mass is 9.92. The molecule has 3 aromatic rings. The smallest absolute Gasteiger partial charge is 0.313 e. The summed E-state index contributed by atoms with van der Waals surface area (Å²) < 4.78 is 7.02. The molecule has 1 amide bonds. The summed E-state index contributed by atoms with van der Waals surface area (Å²) in [6, 6.07) is 20.9. The van der Waals surface area contributed by atoms with Crippen LogP contribution >= 0.6 is 0 Å². The zero-order valence-corrected chi connectivity index (χ0v) is 18.5. The average molecular weight is 420 g/mol. The lowest BCUT2D eigenvalue weighted by Gasteiger charge is -2.14. The van der Waals surface area contributed by atoms with Gasteiger partial charge in [-0.2, -0.15) is 5.10 Å². The van der Waals surface area contributed by atoms with Gasteiger partial charge in [0.25, 0.3) is 5.91 Å². The number of nitrogens with one attached hydrogen (secondary N) is 1. The molecule has 0 fully saturated rings. The molecule has 0 saturated heterocycles. The average Bonchev–Trinajstić information content (AvgIpc) is 3.18. The van der Waals surface area contributed by atoms with E-state index in [1.54, 1.807) is 4.68 Å². The standard InChI is InChI=1S/C25H29N3O3/c1-5-20(18-12-8-6-9-13-18)24(30)31-17-23(29)26-22-16-21(25(2,3)4)27-28(22)19-14-10-7-11-15-19/h6-16,20H,5,17H2,1-4H3,(H,26,29)/t20-/m1/s1. The van der Waals surface area contributed by atoms with Crippen LogP contribution in [0.4, 0.5) is 5.82 Å². The number of benzene rings is 2. The summed E-state index contributed by atoms with van der Waals surface area (Å²) in [6.07, 6.45) is 0.597. The van der Waals surface area contributed by atoms with E-state index in [2.05, 4.69) is 31.2 Å². The summed E-state index contributed by atoms with van der Waals surface area (Å²) in [5.41, 5.74) is 2.38. The van der Waals surface area contributed by atoms with Crippen LogP contribution < -0.4 is 5.32 Å². The summed E-state index contributed by atoms with van der Waals surface area (Å²) >= 11 is 0. The highest BCUT2D eigenvalue weighted by Crippen LogP contribution is 2.26. The van der Waals surface area contributed by atoms with E-state index in [4.69, 9.17) is 4.74 Å². The van der Waals surface area contributed by atoms with E-state index < -0.39 is 17.8 Å². The summed E-state index contributed by atoms with van der Waals surface area (Å²) in [4.78, 5) is 25.1. The van der Waals surface area contributed by atoms with Crippen molar-refractivity contribution in [2.24, 2.45) is 0 Å². The maximum atomic E-state index is 12.6. The first kappa shape index (κ1) is 22.3. The van der Waals surface area contributed by atoms with Crippen LogP contribution in [0.2, 0.25) is 0 Å². The molecule has 0 spiro atoms. The van der Waals surface area contributed by atoms with E-state index in [1.165, 1.54) is 0 Å². The highest BCUT2D eigenvalue weighted by Gasteiger charge is 2.23. The van der Waals surface area contributed by atoms with Crippen molar-refractivity contribution < 1.29 is 14.3 Å². The maximum absolute atomic E-state index is 12.6. The molecular formula is C25H29N3O3. The number of aromatic nitrogens is 2. The van der Waals surface area contributed by atoms with Crippen LogP contribution in [0.3, 0.4) is 0 Å². The van der Waals surface area contributed by atoms with Crippen molar-refractivity contribution in [1.82, 2.24) is 9.78 Å². The van der Waals surface area contributed by atoms with Gasteiger partial charge in [0.1, 0.15) is 5.82 Å². The van der Waals surface area contributed by atoms with Crippen molar-refractivity contribution >= 4 is 17.7 Å².